The number of amides is 2. The summed E-state index contributed by atoms with van der Waals surface area (Å²) in [5, 5.41) is 20.4. The van der Waals surface area contributed by atoms with Crippen LogP contribution in [0, 0.1) is 5.92 Å². The summed E-state index contributed by atoms with van der Waals surface area (Å²) < 4.78 is 7.03. The SMILES string of the molecule is COc1ccc(CNC(=O)N2CCC(C3(C)[C@H](O)c4cc(Cl)cc5cnn3c45)CC2)cn1. The minimum Gasteiger partial charge on any atom is -0.481 e. The van der Waals surface area contributed by atoms with Crippen molar-refractivity contribution in [3.63, 3.8) is 0 Å². The third-order valence-corrected chi connectivity index (χ3v) is 7.24. The number of likely N-dealkylation sites (tertiary alicyclic amines) is 1. The Morgan fingerprint density at radius 1 is 1.31 bits per heavy atom. The molecule has 2 amide bonds. The van der Waals surface area contributed by atoms with Crippen molar-refractivity contribution in [3.8, 4) is 5.88 Å². The van der Waals surface area contributed by atoms with Gasteiger partial charge < -0.3 is 20.1 Å². The summed E-state index contributed by atoms with van der Waals surface area (Å²) in [5.74, 6) is 0.727. The third kappa shape index (κ3) is 3.29. The fraction of sp³-hybridized carbons (Fsp3) is 0.435. The van der Waals surface area contributed by atoms with E-state index in [9.17, 15) is 9.90 Å². The number of aliphatic hydroxyl groups is 1. The number of pyridine rings is 1. The van der Waals surface area contributed by atoms with E-state index in [2.05, 4.69) is 22.3 Å². The molecule has 0 bridgehead atoms. The minimum absolute atomic E-state index is 0.0899. The normalized spacial score (nSPS) is 23.0. The molecule has 2 aromatic heterocycles. The fourth-order valence-corrected chi connectivity index (χ4v) is 5.39. The van der Waals surface area contributed by atoms with E-state index in [0.29, 0.717) is 30.5 Å². The average Bonchev–Trinajstić information content (AvgIpc) is 3.34. The van der Waals surface area contributed by atoms with Gasteiger partial charge in [-0.25, -0.2) is 9.78 Å². The van der Waals surface area contributed by atoms with Crippen LogP contribution in [0.2, 0.25) is 5.02 Å². The summed E-state index contributed by atoms with van der Waals surface area (Å²) in [6.45, 7) is 3.73. The first-order valence-electron chi connectivity index (χ1n) is 10.8. The maximum Gasteiger partial charge on any atom is 0.317 e. The predicted octanol–water partition coefficient (Wildman–Crippen LogP) is 3.48. The number of aromatic nitrogens is 3. The molecule has 0 saturated carbocycles. The zero-order valence-corrected chi connectivity index (χ0v) is 18.8. The van der Waals surface area contributed by atoms with Crippen LogP contribution in [0.3, 0.4) is 0 Å². The van der Waals surface area contributed by atoms with E-state index in [-0.39, 0.29) is 11.9 Å². The number of hydrogen-bond donors (Lipinski definition) is 2. The van der Waals surface area contributed by atoms with E-state index < -0.39 is 11.6 Å². The van der Waals surface area contributed by atoms with Crippen LogP contribution < -0.4 is 10.1 Å². The lowest BCUT2D eigenvalue weighted by atomic mass is 9.75. The van der Waals surface area contributed by atoms with Crippen LogP contribution in [0.4, 0.5) is 4.79 Å². The lowest BCUT2D eigenvalue weighted by Crippen LogP contribution is -2.50. The van der Waals surface area contributed by atoms with E-state index in [0.717, 1.165) is 34.9 Å². The van der Waals surface area contributed by atoms with Crippen LogP contribution in [0.25, 0.3) is 10.9 Å². The largest absolute Gasteiger partial charge is 0.481 e. The molecule has 2 aliphatic heterocycles. The Labute approximate surface area is 191 Å². The van der Waals surface area contributed by atoms with Gasteiger partial charge in [0, 0.05) is 47.9 Å². The van der Waals surface area contributed by atoms with E-state index >= 15 is 0 Å². The molecule has 8 nitrogen and oxygen atoms in total. The number of carbonyl (C=O) groups is 1. The Hall–Kier alpha value is -2.84. The van der Waals surface area contributed by atoms with Gasteiger partial charge in [-0.1, -0.05) is 17.7 Å². The van der Waals surface area contributed by atoms with Crippen LogP contribution in [-0.2, 0) is 12.1 Å². The van der Waals surface area contributed by atoms with Crippen LogP contribution >= 0.6 is 11.6 Å². The summed E-state index contributed by atoms with van der Waals surface area (Å²) in [6, 6.07) is 7.29. The highest BCUT2D eigenvalue weighted by Crippen LogP contribution is 2.51. The van der Waals surface area contributed by atoms with Crippen molar-refractivity contribution in [1.29, 1.82) is 0 Å². The number of benzene rings is 1. The maximum absolute atomic E-state index is 12.7. The van der Waals surface area contributed by atoms with Crippen molar-refractivity contribution in [1.82, 2.24) is 25.0 Å². The number of ether oxygens (including phenoxy) is 1. The standard InChI is InChI=1S/C23H26ClN5O3/c1-23(21(30)18-10-17(24)9-15-13-27-29(23)20(15)18)16-5-7-28(8-6-16)22(31)26-12-14-3-4-19(32-2)25-11-14/h3-4,9-11,13,16,21,30H,5-8,12H2,1-2H3,(H,26,31)/t21-,23?/m1/s1. The van der Waals surface area contributed by atoms with Gasteiger partial charge in [0.25, 0.3) is 0 Å². The number of carbonyl (C=O) groups excluding carboxylic acids is 1. The van der Waals surface area contributed by atoms with Gasteiger partial charge in [-0.2, -0.15) is 5.10 Å². The topological polar surface area (TPSA) is 92.5 Å². The van der Waals surface area contributed by atoms with E-state index in [1.165, 1.54) is 0 Å². The van der Waals surface area contributed by atoms with Gasteiger partial charge >= 0.3 is 6.03 Å². The molecule has 168 valence electrons. The number of urea groups is 1. The number of methoxy groups -OCH3 is 1. The van der Waals surface area contributed by atoms with E-state index in [4.69, 9.17) is 16.3 Å². The second kappa shape index (κ2) is 7.94. The van der Waals surface area contributed by atoms with Crippen LogP contribution in [0.5, 0.6) is 5.88 Å². The molecule has 0 aliphatic carbocycles. The number of halogens is 1. The third-order valence-electron chi connectivity index (χ3n) is 7.02. The average molecular weight is 456 g/mol. The Morgan fingerprint density at radius 3 is 2.78 bits per heavy atom. The number of piperidine rings is 1. The van der Waals surface area contributed by atoms with Crippen molar-refractivity contribution in [2.75, 3.05) is 20.2 Å². The second-order valence-corrected chi connectivity index (χ2v) is 9.18. The van der Waals surface area contributed by atoms with Crippen molar-refractivity contribution in [3.05, 3.63) is 52.8 Å². The molecular formula is C23H26ClN5O3. The first-order chi connectivity index (χ1) is 15.4. The Balaban J connectivity index is 1.24. The lowest BCUT2D eigenvalue weighted by molar-refractivity contribution is -0.0116. The Kier molecular flexibility index (Phi) is 5.22. The van der Waals surface area contributed by atoms with Gasteiger partial charge in [-0.15, -0.1) is 0 Å². The molecule has 1 unspecified atom stereocenters. The molecule has 32 heavy (non-hydrogen) atoms. The molecule has 1 aromatic carbocycles. The Bertz CT molecular complexity index is 1160. The molecular weight excluding hydrogens is 430 g/mol. The van der Waals surface area contributed by atoms with Gasteiger partial charge in [-0.05, 0) is 43.4 Å². The number of hydrogen-bond acceptors (Lipinski definition) is 5. The number of aliphatic hydroxyl groups excluding tert-OH is 1. The monoisotopic (exact) mass is 455 g/mol. The fourth-order valence-electron chi connectivity index (χ4n) is 5.16. The van der Waals surface area contributed by atoms with Crippen molar-refractivity contribution < 1.29 is 14.6 Å². The van der Waals surface area contributed by atoms with Crippen molar-refractivity contribution in [2.24, 2.45) is 5.92 Å². The highest BCUT2D eigenvalue weighted by atomic mass is 35.5. The van der Waals surface area contributed by atoms with Gasteiger partial charge in [0.15, 0.2) is 0 Å². The number of nitrogens with one attached hydrogen (secondary N) is 1. The summed E-state index contributed by atoms with van der Waals surface area (Å²) in [7, 11) is 1.57. The molecule has 4 heterocycles. The lowest BCUT2D eigenvalue weighted by Gasteiger charge is -2.42. The zero-order valence-electron chi connectivity index (χ0n) is 18.1. The zero-order chi connectivity index (χ0) is 22.5. The van der Waals surface area contributed by atoms with Crippen molar-refractivity contribution in [2.45, 2.75) is 38.0 Å². The first kappa shape index (κ1) is 21.0. The molecule has 1 saturated heterocycles. The molecule has 0 radical (unpaired) electrons. The van der Waals surface area contributed by atoms with Gasteiger partial charge in [0.05, 0.1) is 24.4 Å². The first-order valence-corrected chi connectivity index (χ1v) is 11.2. The van der Waals surface area contributed by atoms with E-state index in [1.54, 1.807) is 19.4 Å². The molecule has 5 rings (SSSR count). The Morgan fingerprint density at radius 2 is 2.09 bits per heavy atom. The summed E-state index contributed by atoms with van der Waals surface area (Å²) in [6.07, 6.45) is 4.40. The van der Waals surface area contributed by atoms with E-state index in [1.807, 2.05) is 34.0 Å². The quantitative estimate of drug-likeness (QED) is 0.628. The molecule has 2 atom stereocenters. The molecule has 2 N–H and O–H groups in total. The molecule has 0 spiro atoms. The number of rotatable bonds is 4. The smallest absolute Gasteiger partial charge is 0.317 e. The minimum atomic E-state index is -0.680. The summed E-state index contributed by atoms with van der Waals surface area (Å²) in [5.41, 5.74) is 2.14. The van der Waals surface area contributed by atoms with Gasteiger partial charge in [0.2, 0.25) is 5.88 Å². The van der Waals surface area contributed by atoms with Crippen molar-refractivity contribution >= 4 is 28.5 Å². The molecule has 9 heteroatoms. The molecule has 3 aromatic rings. The molecule has 1 fully saturated rings. The molecule has 2 aliphatic rings. The van der Waals surface area contributed by atoms with Gasteiger partial charge in [0.1, 0.15) is 6.10 Å². The number of nitrogens with zero attached hydrogens (tertiary/aromatic N) is 4. The summed E-state index contributed by atoms with van der Waals surface area (Å²) >= 11 is 6.26. The maximum atomic E-state index is 12.7. The highest BCUT2D eigenvalue weighted by Gasteiger charge is 2.50. The van der Waals surface area contributed by atoms with Crippen LogP contribution in [-0.4, -0.2) is 51.0 Å². The van der Waals surface area contributed by atoms with Crippen LogP contribution in [0.1, 0.15) is 37.0 Å². The second-order valence-electron chi connectivity index (χ2n) is 8.75. The highest BCUT2D eigenvalue weighted by molar-refractivity contribution is 6.31. The van der Waals surface area contributed by atoms with Crippen LogP contribution in [0.15, 0.2) is 36.7 Å². The van der Waals surface area contributed by atoms with Gasteiger partial charge in [-0.3, -0.25) is 4.68 Å². The predicted molar refractivity (Wildman–Crippen MR) is 121 cm³/mol. The summed E-state index contributed by atoms with van der Waals surface area (Å²) in [4.78, 5) is 18.7.